The van der Waals surface area contributed by atoms with E-state index in [0.29, 0.717) is 18.7 Å². The third-order valence-corrected chi connectivity index (χ3v) is 4.47. The van der Waals surface area contributed by atoms with Crippen LogP contribution in [0.1, 0.15) is 16.8 Å². The molecular weight excluding hydrogens is 332 g/mol. The third kappa shape index (κ3) is 4.03. The molecule has 0 saturated carbocycles. The van der Waals surface area contributed by atoms with Crippen molar-refractivity contribution in [2.75, 3.05) is 31.6 Å². The van der Waals surface area contributed by atoms with Gasteiger partial charge in [0.15, 0.2) is 0 Å². The smallest absolute Gasteiger partial charge is 0.306 e. The van der Waals surface area contributed by atoms with E-state index in [-0.39, 0.29) is 18.9 Å². The molecule has 2 aromatic carbocycles. The van der Waals surface area contributed by atoms with Gasteiger partial charge in [0.25, 0.3) is 5.91 Å². The Balaban J connectivity index is 1.83. The lowest BCUT2D eigenvalue weighted by molar-refractivity contribution is -0.141. The molecule has 1 fully saturated rings. The van der Waals surface area contributed by atoms with Gasteiger partial charge in [0.1, 0.15) is 0 Å². The second-order valence-corrected chi connectivity index (χ2v) is 6.25. The second kappa shape index (κ2) is 8.01. The molecule has 1 saturated heterocycles. The minimum absolute atomic E-state index is 0.102. The van der Waals surface area contributed by atoms with Crippen LogP contribution in [0.25, 0.3) is 0 Å². The van der Waals surface area contributed by atoms with Gasteiger partial charge in [-0.05, 0) is 24.3 Å². The summed E-state index contributed by atoms with van der Waals surface area (Å²) in [6.07, 6.45) is -0.570. The quantitative estimate of drug-likeness (QED) is 0.894. The number of carbonyl (C=O) groups excluding carboxylic acids is 1. The first-order valence-electron chi connectivity index (χ1n) is 8.56. The average Bonchev–Trinajstić information content (AvgIpc) is 2.67. The van der Waals surface area contributed by atoms with E-state index in [1.807, 2.05) is 60.5 Å². The molecule has 2 aromatic rings. The van der Waals surface area contributed by atoms with Crippen LogP contribution in [0.4, 0.5) is 11.4 Å². The molecule has 6 heteroatoms. The first-order valence-corrected chi connectivity index (χ1v) is 8.56. The standard InChI is InChI=1S/C20H22N2O4/c1-21(15-7-3-2-4-8-15)18-10-6-5-9-17(18)20(25)22-11-12-26-16(14-22)13-19(23)24/h2-10,16H,11-14H2,1H3,(H,23,24)/t16-/m0/s1. The molecule has 1 amide bonds. The van der Waals surface area contributed by atoms with Crippen molar-refractivity contribution >= 4 is 23.3 Å². The summed E-state index contributed by atoms with van der Waals surface area (Å²) in [5.41, 5.74) is 2.39. The Kier molecular flexibility index (Phi) is 5.53. The summed E-state index contributed by atoms with van der Waals surface area (Å²) in [6.45, 7) is 1.09. The number of rotatable bonds is 5. The molecule has 136 valence electrons. The summed E-state index contributed by atoms with van der Waals surface area (Å²) in [4.78, 5) is 27.7. The third-order valence-electron chi connectivity index (χ3n) is 4.47. The van der Waals surface area contributed by atoms with E-state index in [9.17, 15) is 9.59 Å². The van der Waals surface area contributed by atoms with Crippen molar-refractivity contribution in [3.8, 4) is 0 Å². The van der Waals surface area contributed by atoms with Gasteiger partial charge in [-0.2, -0.15) is 0 Å². The van der Waals surface area contributed by atoms with Crippen molar-refractivity contribution in [1.29, 1.82) is 0 Å². The Morgan fingerprint density at radius 1 is 1.15 bits per heavy atom. The van der Waals surface area contributed by atoms with E-state index >= 15 is 0 Å². The highest BCUT2D eigenvalue weighted by molar-refractivity contribution is 6.00. The number of hydrogen-bond acceptors (Lipinski definition) is 4. The normalized spacial score (nSPS) is 17.0. The Labute approximate surface area is 152 Å². The van der Waals surface area contributed by atoms with E-state index < -0.39 is 12.1 Å². The molecule has 6 nitrogen and oxygen atoms in total. The lowest BCUT2D eigenvalue weighted by Crippen LogP contribution is -2.46. The maximum Gasteiger partial charge on any atom is 0.306 e. The van der Waals surface area contributed by atoms with Gasteiger partial charge in [-0.15, -0.1) is 0 Å². The lowest BCUT2D eigenvalue weighted by atomic mass is 10.1. The van der Waals surface area contributed by atoms with E-state index in [1.54, 1.807) is 11.0 Å². The van der Waals surface area contributed by atoms with Gasteiger partial charge in [-0.3, -0.25) is 9.59 Å². The number of benzene rings is 2. The fourth-order valence-corrected chi connectivity index (χ4v) is 3.13. The minimum atomic E-state index is -0.923. The molecule has 1 atom stereocenters. The highest BCUT2D eigenvalue weighted by atomic mass is 16.5. The van der Waals surface area contributed by atoms with Crippen molar-refractivity contribution < 1.29 is 19.4 Å². The zero-order valence-corrected chi connectivity index (χ0v) is 14.7. The van der Waals surface area contributed by atoms with Crippen molar-refractivity contribution in [3.63, 3.8) is 0 Å². The first kappa shape index (κ1) is 17.9. The summed E-state index contributed by atoms with van der Waals surface area (Å²) in [5.74, 6) is -1.03. The van der Waals surface area contributed by atoms with Crippen LogP contribution in [-0.4, -0.2) is 54.7 Å². The van der Waals surface area contributed by atoms with Crippen LogP contribution in [0.2, 0.25) is 0 Å². The van der Waals surface area contributed by atoms with Crippen LogP contribution in [-0.2, 0) is 9.53 Å². The number of aliphatic carboxylic acids is 1. The zero-order chi connectivity index (χ0) is 18.5. The number of carboxylic acids is 1. The Morgan fingerprint density at radius 3 is 2.58 bits per heavy atom. The maximum atomic E-state index is 13.1. The lowest BCUT2D eigenvalue weighted by Gasteiger charge is -2.33. The Morgan fingerprint density at radius 2 is 1.85 bits per heavy atom. The summed E-state index contributed by atoms with van der Waals surface area (Å²) in [5, 5.41) is 8.96. The summed E-state index contributed by atoms with van der Waals surface area (Å²) < 4.78 is 5.47. The SMILES string of the molecule is CN(c1ccccc1)c1ccccc1C(=O)N1CCO[C@@H](CC(=O)O)C1. The van der Waals surface area contributed by atoms with Crippen LogP contribution in [0.15, 0.2) is 54.6 Å². The molecule has 1 heterocycles. The summed E-state index contributed by atoms with van der Waals surface area (Å²) >= 11 is 0. The summed E-state index contributed by atoms with van der Waals surface area (Å²) in [7, 11) is 1.92. The van der Waals surface area contributed by atoms with Crippen molar-refractivity contribution in [2.45, 2.75) is 12.5 Å². The molecule has 26 heavy (non-hydrogen) atoms. The van der Waals surface area contributed by atoms with E-state index in [4.69, 9.17) is 9.84 Å². The molecule has 0 bridgehead atoms. The van der Waals surface area contributed by atoms with Crippen LogP contribution in [0.3, 0.4) is 0 Å². The van der Waals surface area contributed by atoms with Gasteiger partial charge in [0, 0.05) is 25.8 Å². The van der Waals surface area contributed by atoms with E-state index in [0.717, 1.165) is 11.4 Å². The molecule has 0 aromatic heterocycles. The van der Waals surface area contributed by atoms with Crippen molar-refractivity contribution in [3.05, 3.63) is 60.2 Å². The van der Waals surface area contributed by atoms with Crippen molar-refractivity contribution in [2.24, 2.45) is 0 Å². The zero-order valence-electron chi connectivity index (χ0n) is 14.7. The molecule has 0 aliphatic carbocycles. The molecule has 1 N–H and O–H groups in total. The Hall–Kier alpha value is -2.86. The highest BCUT2D eigenvalue weighted by Crippen LogP contribution is 2.28. The second-order valence-electron chi connectivity index (χ2n) is 6.25. The van der Waals surface area contributed by atoms with Crippen LogP contribution in [0.5, 0.6) is 0 Å². The molecule has 0 unspecified atom stereocenters. The number of hydrogen-bond donors (Lipinski definition) is 1. The number of morpholine rings is 1. The van der Waals surface area contributed by atoms with E-state index in [1.165, 1.54) is 0 Å². The molecule has 3 rings (SSSR count). The number of ether oxygens (including phenoxy) is 1. The predicted molar refractivity (Wildman–Crippen MR) is 98.8 cm³/mol. The predicted octanol–water partition coefficient (Wildman–Crippen LogP) is 2.77. The number of anilines is 2. The monoisotopic (exact) mass is 354 g/mol. The molecule has 0 radical (unpaired) electrons. The average molecular weight is 354 g/mol. The van der Waals surface area contributed by atoms with Crippen LogP contribution < -0.4 is 4.90 Å². The number of para-hydroxylation sites is 2. The maximum absolute atomic E-state index is 13.1. The van der Waals surface area contributed by atoms with Crippen LogP contribution in [0, 0.1) is 0 Å². The largest absolute Gasteiger partial charge is 0.481 e. The van der Waals surface area contributed by atoms with Crippen LogP contribution >= 0.6 is 0 Å². The Bertz CT molecular complexity index is 778. The van der Waals surface area contributed by atoms with Gasteiger partial charge >= 0.3 is 5.97 Å². The molecular formula is C20H22N2O4. The first-order chi connectivity index (χ1) is 12.6. The molecule has 0 spiro atoms. The number of nitrogens with zero attached hydrogens (tertiary/aromatic N) is 2. The minimum Gasteiger partial charge on any atom is -0.481 e. The van der Waals surface area contributed by atoms with Gasteiger partial charge in [0.05, 0.1) is 30.4 Å². The van der Waals surface area contributed by atoms with Gasteiger partial charge in [-0.1, -0.05) is 30.3 Å². The fourth-order valence-electron chi connectivity index (χ4n) is 3.13. The number of carbonyl (C=O) groups is 2. The molecule has 1 aliphatic rings. The van der Waals surface area contributed by atoms with Gasteiger partial charge in [-0.25, -0.2) is 0 Å². The summed E-state index contributed by atoms with van der Waals surface area (Å²) in [6, 6.07) is 17.3. The van der Waals surface area contributed by atoms with E-state index in [2.05, 4.69) is 0 Å². The van der Waals surface area contributed by atoms with Crippen molar-refractivity contribution in [1.82, 2.24) is 4.90 Å². The van der Waals surface area contributed by atoms with Gasteiger partial charge in [0.2, 0.25) is 0 Å². The topological polar surface area (TPSA) is 70.1 Å². The fraction of sp³-hybridized carbons (Fsp3) is 0.300. The van der Waals surface area contributed by atoms with Gasteiger partial charge < -0.3 is 19.6 Å². The molecule has 1 aliphatic heterocycles. The number of carboxylic acid groups (broad SMARTS) is 1. The highest BCUT2D eigenvalue weighted by Gasteiger charge is 2.28. The number of amides is 1.